The predicted octanol–water partition coefficient (Wildman–Crippen LogP) is 0.613. The summed E-state index contributed by atoms with van der Waals surface area (Å²) in [4.78, 5) is 18.1. The highest BCUT2D eigenvalue weighted by molar-refractivity contribution is 7.89. The molecule has 150 valence electrons. The van der Waals surface area contributed by atoms with Crippen LogP contribution in [0, 0.1) is 0 Å². The zero-order valence-electron chi connectivity index (χ0n) is 16.4. The van der Waals surface area contributed by atoms with Crippen molar-refractivity contribution in [2.75, 3.05) is 34.2 Å². The number of nitrogens with zero attached hydrogens (tertiary/aromatic N) is 3. The first kappa shape index (κ1) is 21.2. The molecule has 1 heterocycles. The fraction of sp³-hybridized carbons (Fsp3) is 0.556. The highest BCUT2D eigenvalue weighted by Gasteiger charge is 2.25. The first-order chi connectivity index (χ1) is 12.8. The van der Waals surface area contributed by atoms with Gasteiger partial charge in [0.05, 0.1) is 4.90 Å². The third-order valence-electron chi connectivity index (χ3n) is 4.57. The lowest BCUT2D eigenvalue weighted by atomic mass is 10.2. The molecule has 8 nitrogen and oxygen atoms in total. The van der Waals surface area contributed by atoms with Crippen LogP contribution in [0.25, 0.3) is 0 Å². The number of sulfonamides is 1. The zero-order chi connectivity index (χ0) is 20.0. The maximum atomic E-state index is 12.1. The molecule has 1 amide bonds. The summed E-state index contributed by atoms with van der Waals surface area (Å²) in [5, 5.41) is 6.57. The van der Waals surface area contributed by atoms with Crippen LogP contribution in [0.15, 0.2) is 34.2 Å². The molecule has 0 saturated carbocycles. The predicted molar refractivity (Wildman–Crippen MR) is 106 cm³/mol. The second kappa shape index (κ2) is 9.18. The Hall–Kier alpha value is -2.13. The number of carbonyl (C=O) groups is 1. The summed E-state index contributed by atoms with van der Waals surface area (Å²) >= 11 is 0. The normalized spacial score (nSPS) is 18.0. The molecule has 0 aliphatic carbocycles. The molecular weight excluding hydrogens is 366 g/mol. The van der Waals surface area contributed by atoms with Crippen molar-refractivity contribution in [3.8, 4) is 0 Å². The molecule has 1 aromatic rings. The van der Waals surface area contributed by atoms with E-state index in [-0.39, 0.29) is 16.8 Å². The molecule has 0 aromatic heterocycles. The molecule has 1 unspecified atom stereocenters. The highest BCUT2D eigenvalue weighted by atomic mass is 32.2. The van der Waals surface area contributed by atoms with Crippen LogP contribution < -0.4 is 10.6 Å². The van der Waals surface area contributed by atoms with Gasteiger partial charge in [-0.25, -0.2) is 12.7 Å². The Morgan fingerprint density at radius 2 is 1.96 bits per heavy atom. The highest BCUT2D eigenvalue weighted by Crippen LogP contribution is 2.14. The first-order valence-corrected chi connectivity index (χ1v) is 10.5. The number of amides is 1. The van der Waals surface area contributed by atoms with E-state index >= 15 is 0 Å². The van der Waals surface area contributed by atoms with Gasteiger partial charge in [0.25, 0.3) is 0 Å². The largest absolute Gasteiger partial charge is 0.352 e. The summed E-state index contributed by atoms with van der Waals surface area (Å²) < 4.78 is 25.4. The maximum absolute atomic E-state index is 12.1. The molecule has 27 heavy (non-hydrogen) atoms. The summed E-state index contributed by atoms with van der Waals surface area (Å²) in [6, 6.07) is 6.96. The monoisotopic (exact) mass is 395 g/mol. The van der Waals surface area contributed by atoms with Crippen molar-refractivity contribution in [3.63, 3.8) is 0 Å². The first-order valence-electron chi connectivity index (χ1n) is 9.04. The van der Waals surface area contributed by atoms with Crippen LogP contribution in [-0.2, 0) is 21.4 Å². The minimum absolute atomic E-state index is 0.176. The third-order valence-corrected chi connectivity index (χ3v) is 6.40. The van der Waals surface area contributed by atoms with Crippen molar-refractivity contribution in [1.82, 2.24) is 19.8 Å². The molecule has 9 heteroatoms. The van der Waals surface area contributed by atoms with E-state index in [0.29, 0.717) is 25.5 Å². The van der Waals surface area contributed by atoms with Crippen LogP contribution >= 0.6 is 0 Å². The van der Waals surface area contributed by atoms with E-state index in [0.717, 1.165) is 18.5 Å². The van der Waals surface area contributed by atoms with Gasteiger partial charge in [0.15, 0.2) is 5.96 Å². The molecule has 0 radical (unpaired) electrons. The Labute approximate surface area is 161 Å². The molecule has 1 fully saturated rings. The van der Waals surface area contributed by atoms with Gasteiger partial charge in [-0.2, -0.15) is 0 Å². The van der Waals surface area contributed by atoms with Crippen LogP contribution in [-0.4, -0.2) is 69.8 Å². The fourth-order valence-electron chi connectivity index (χ4n) is 2.89. The number of carbonyl (C=O) groups excluding carboxylic acids is 1. The molecule has 1 saturated heterocycles. The van der Waals surface area contributed by atoms with Gasteiger partial charge in [-0.05, 0) is 24.1 Å². The summed E-state index contributed by atoms with van der Waals surface area (Å²) in [7, 11) is 1.31. The quantitative estimate of drug-likeness (QED) is 0.544. The molecule has 1 aliphatic heterocycles. The van der Waals surface area contributed by atoms with E-state index in [1.165, 1.54) is 18.4 Å². The molecule has 1 aromatic carbocycles. The van der Waals surface area contributed by atoms with E-state index in [2.05, 4.69) is 15.6 Å². The van der Waals surface area contributed by atoms with Crippen molar-refractivity contribution in [3.05, 3.63) is 29.8 Å². The Morgan fingerprint density at radius 3 is 2.52 bits per heavy atom. The van der Waals surface area contributed by atoms with Crippen LogP contribution in [0.3, 0.4) is 0 Å². The van der Waals surface area contributed by atoms with Crippen molar-refractivity contribution in [2.45, 2.75) is 37.2 Å². The number of hydrogen-bond donors (Lipinski definition) is 2. The van der Waals surface area contributed by atoms with Crippen molar-refractivity contribution in [2.24, 2.45) is 4.99 Å². The SMILES string of the molecule is CCC(=O)N1CCC(NC(=NC)NCc2ccc(S(=O)(=O)N(C)C)cc2)C1. The average molecular weight is 396 g/mol. The molecule has 2 N–H and O–H groups in total. The molecule has 0 bridgehead atoms. The van der Waals surface area contributed by atoms with Crippen LogP contribution in [0.1, 0.15) is 25.3 Å². The van der Waals surface area contributed by atoms with Crippen molar-refractivity contribution in [1.29, 1.82) is 0 Å². The molecule has 1 aliphatic rings. The number of rotatable bonds is 6. The van der Waals surface area contributed by atoms with Gasteiger partial charge >= 0.3 is 0 Å². The van der Waals surface area contributed by atoms with Crippen molar-refractivity contribution < 1.29 is 13.2 Å². The summed E-state index contributed by atoms with van der Waals surface area (Å²) in [6.07, 6.45) is 1.42. The minimum atomic E-state index is -3.42. The second-order valence-electron chi connectivity index (χ2n) is 6.68. The van der Waals surface area contributed by atoms with E-state index in [1.54, 1.807) is 31.3 Å². The van der Waals surface area contributed by atoms with E-state index in [9.17, 15) is 13.2 Å². The number of likely N-dealkylation sites (tertiary alicyclic amines) is 1. The number of benzene rings is 1. The molecule has 0 spiro atoms. The van der Waals surface area contributed by atoms with E-state index in [1.807, 2.05) is 11.8 Å². The zero-order valence-corrected chi connectivity index (χ0v) is 17.2. The molecule has 2 rings (SSSR count). The van der Waals surface area contributed by atoms with Crippen LogP contribution in [0.4, 0.5) is 0 Å². The third kappa shape index (κ3) is 5.43. The Bertz CT molecular complexity index is 775. The van der Waals surface area contributed by atoms with Crippen LogP contribution in [0.2, 0.25) is 0 Å². The Balaban J connectivity index is 1.89. The number of nitrogens with one attached hydrogen (secondary N) is 2. The van der Waals surface area contributed by atoms with E-state index < -0.39 is 10.0 Å². The molecule has 1 atom stereocenters. The lowest BCUT2D eigenvalue weighted by molar-refractivity contribution is -0.129. The average Bonchev–Trinajstić information content (AvgIpc) is 3.13. The Kier molecular flexibility index (Phi) is 7.20. The van der Waals surface area contributed by atoms with Gasteiger partial charge in [-0.15, -0.1) is 0 Å². The standard InChI is InChI=1S/C18H29N5O3S/c1-5-17(24)23-11-10-15(13-23)21-18(19-2)20-12-14-6-8-16(9-7-14)27(25,26)22(3)4/h6-9,15H,5,10-13H2,1-4H3,(H2,19,20,21). The van der Waals surface area contributed by atoms with Crippen LogP contribution in [0.5, 0.6) is 0 Å². The molecular formula is C18H29N5O3S. The van der Waals surface area contributed by atoms with Gasteiger partial charge in [0.1, 0.15) is 0 Å². The minimum Gasteiger partial charge on any atom is -0.352 e. The summed E-state index contributed by atoms with van der Waals surface area (Å²) in [5.41, 5.74) is 0.949. The number of aliphatic imine (C=N–C) groups is 1. The van der Waals surface area contributed by atoms with Gasteiger partial charge in [-0.3, -0.25) is 9.79 Å². The maximum Gasteiger partial charge on any atom is 0.242 e. The summed E-state index contributed by atoms with van der Waals surface area (Å²) in [5.74, 6) is 0.839. The smallest absolute Gasteiger partial charge is 0.242 e. The van der Waals surface area contributed by atoms with Gasteiger partial charge in [-0.1, -0.05) is 19.1 Å². The fourth-order valence-corrected chi connectivity index (χ4v) is 3.79. The summed E-state index contributed by atoms with van der Waals surface area (Å²) in [6.45, 7) is 3.85. The lowest BCUT2D eigenvalue weighted by Gasteiger charge is -2.19. The number of guanidine groups is 1. The van der Waals surface area contributed by atoms with Gasteiger partial charge < -0.3 is 15.5 Å². The van der Waals surface area contributed by atoms with Gasteiger partial charge in [0, 0.05) is 53.2 Å². The number of hydrogen-bond acceptors (Lipinski definition) is 4. The second-order valence-corrected chi connectivity index (χ2v) is 8.83. The lowest BCUT2D eigenvalue weighted by Crippen LogP contribution is -2.44. The van der Waals surface area contributed by atoms with E-state index in [4.69, 9.17) is 0 Å². The Morgan fingerprint density at radius 1 is 1.30 bits per heavy atom. The van der Waals surface area contributed by atoms with Gasteiger partial charge in [0.2, 0.25) is 15.9 Å². The van der Waals surface area contributed by atoms with Crippen molar-refractivity contribution >= 4 is 21.9 Å². The topological polar surface area (TPSA) is 94.1 Å².